The number of aryl methyl sites for hydroxylation is 1. The van der Waals surface area contributed by atoms with Crippen molar-refractivity contribution in [2.75, 3.05) is 5.43 Å². The smallest absolute Gasteiger partial charge is 0.260 e. The Morgan fingerprint density at radius 2 is 2.35 bits per heavy atom. The van der Waals surface area contributed by atoms with Gasteiger partial charge in [-0.1, -0.05) is 6.07 Å². The molecule has 86 valence electrons. The van der Waals surface area contributed by atoms with E-state index in [2.05, 4.69) is 30.7 Å². The molecule has 0 aromatic carbocycles. The van der Waals surface area contributed by atoms with Crippen LogP contribution in [0.15, 0.2) is 34.3 Å². The largest absolute Gasteiger partial charge is 0.363 e. The zero-order chi connectivity index (χ0) is 12.1. The Morgan fingerprint density at radius 3 is 3.12 bits per heavy atom. The number of aromatic amines is 1. The fourth-order valence-corrected chi connectivity index (χ4v) is 1.11. The van der Waals surface area contributed by atoms with Gasteiger partial charge in [0.1, 0.15) is 5.69 Å². The minimum Gasteiger partial charge on any atom is -0.260 e. The molecule has 0 fully saturated rings. The lowest BCUT2D eigenvalue weighted by Gasteiger charge is -1.99. The Morgan fingerprint density at radius 1 is 1.47 bits per heavy atom. The van der Waals surface area contributed by atoms with Crippen molar-refractivity contribution >= 4 is 12.0 Å². The number of anilines is 1. The highest BCUT2D eigenvalue weighted by atomic mass is 16.1. The zero-order valence-electron chi connectivity index (χ0n) is 9.08. The number of nitrogens with one attached hydrogen (secondary N) is 2. The van der Waals surface area contributed by atoms with Crippen LogP contribution in [0.4, 0.5) is 5.82 Å². The van der Waals surface area contributed by atoms with Gasteiger partial charge in [0, 0.05) is 6.20 Å². The Balaban J connectivity index is 2.10. The van der Waals surface area contributed by atoms with E-state index in [9.17, 15) is 4.79 Å². The van der Waals surface area contributed by atoms with Crippen LogP contribution in [-0.2, 0) is 0 Å². The average molecular weight is 230 g/mol. The second-order valence-electron chi connectivity index (χ2n) is 3.20. The molecule has 0 spiro atoms. The highest BCUT2D eigenvalue weighted by molar-refractivity contribution is 5.77. The Bertz CT molecular complexity index is 577. The van der Waals surface area contributed by atoms with Crippen molar-refractivity contribution < 1.29 is 0 Å². The van der Waals surface area contributed by atoms with Crippen molar-refractivity contribution in [3.63, 3.8) is 0 Å². The van der Waals surface area contributed by atoms with Crippen molar-refractivity contribution in [3.8, 4) is 0 Å². The van der Waals surface area contributed by atoms with Crippen LogP contribution in [-0.4, -0.2) is 26.4 Å². The van der Waals surface area contributed by atoms with E-state index in [4.69, 9.17) is 0 Å². The summed E-state index contributed by atoms with van der Waals surface area (Å²) in [7, 11) is 0. The lowest BCUT2D eigenvalue weighted by molar-refractivity contribution is 0.879. The molecule has 0 aliphatic carbocycles. The van der Waals surface area contributed by atoms with E-state index >= 15 is 0 Å². The van der Waals surface area contributed by atoms with Gasteiger partial charge in [-0.3, -0.25) is 10.4 Å². The molecular formula is C10H10N6O. The first kappa shape index (κ1) is 10.9. The van der Waals surface area contributed by atoms with Crippen LogP contribution in [0.5, 0.6) is 0 Å². The molecule has 2 aromatic rings. The fourth-order valence-electron chi connectivity index (χ4n) is 1.11. The molecule has 0 amide bonds. The average Bonchev–Trinajstić information content (AvgIpc) is 2.35. The van der Waals surface area contributed by atoms with Gasteiger partial charge in [-0.05, 0) is 19.1 Å². The molecule has 0 aliphatic heterocycles. The molecule has 0 bridgehead atoms. The second-order valence-corrected chi connectivity index (χ2v) is 3.20. The second kappa shape index (κ2) is 4.97. The van der Waals surface area contributed by atoms with Crippen LogP contribution in [0.3, 0.4) is 0 Å². The summed E-state index contributed by atoms with van der Waals surface area (Å²) < 4.78 is 0. The number of hydrazone groups is 1. The van der Waals surface area contributed by atoms with Crippen molar-refractivity contribution in [1.82, 2.24) is 20.2 Å². The van der Waals surface area contributed by atoms with Crippen molar-refractivity contribution in [2.45, 2.75) is 6.92 Å². The minimum atomic E-state index is -0.522. The molecule has 0 radical (unpaired) electrons. The van der Waals surface area contributed by atoms with Gasteiger partial charge in [-0.15, -0.1) is 0 Å². The van der Waals surface area contributed by atoms with Gasteiger partial charge >= 0.3 is 5.69 Å². The summed E-state index contributed by atoms with van der Waals surface area (Å²) in [4.78, 5) is 18.7. The van der Waals surface area contributed by atoms with E-state index in [1.165, 1.54) is 6.21 Å². The number of nitrogens with zero attached hydrogens (tertiary/aromatic N) is 4. The molecular weight excluding hydrogens is 220 g/mol. The molecule has 0 unspecified atom stereocenters. The first-order valence-corrected chi connectivity index (χ1v) is 4.89. The van der Waals surface area contributed by atoms with E-state index in [1.807, 2.05) is 18.2 Å². The summed E-state index contributed by atoms with van der Waals surface area (Å²) in [5, 5.41) is 9.90. The number of H-pyrrole nitrogens is 1. The first-order chi connectivity index (χ1) is 8.25. The van der Waals surface area contributed by atoms with Crippen LogP contribution < -0.4 is 11.1 Å². The summed E-state index contributed by atoms with van der Waals surface area (Å²) in [6.45, 7) is 1.71. The monoisotopic (exact) mass is 230 g/mol. The van der Waals surface area contributed by atoms with Crippen LogP contribution in [0.25, 0.3) is 0 Å². The summed E-state index contributed by atoms with van der Waals surface area (Å²) in [6, 6.07) is 5.48. The number of pyridine rings is 1. The van der Waals surface area contributed by atoms with Gasteiger partial charge in [0.15, 0.2) is 5.82 Å². The van der Waals surface area contributed by atoms with Crippen molar-refractivity contribution in [1.29, 1.82) is 0 Å². The quantitative estimate of drug-likeness (QED) is 0.584. The van der Waals surface area contributed by atoms with E-state index in [-0.39, 0.29) is 0 Å². The highest BCUT2D eigenvalue weighted by Crippen LogP contribution is 2.02. The molecule has 0 saturated carbocycles. The molecule has 2 aromatic heterocycles. The third-order valence-corrected chi connectivity index (χ3v) is 1.93. The topological polar surface area (TPSA) is 95.9 Å². The predicted molar refractivity (Wildman–Crippen MR) is 62.8 cm³/mol. The fraction of sp³-hybridized carbons (Fsp3) is 0.100. The van der Waals surface area contributed by atoms with E-state index in [0.717, 1.165) is 0 Å². The molecule has 2 heterocycles. The molecule has 0 saturated heterocycles. The van der Waals surface area contributed by atoms with Gasteiger partial charge in [-0.2, -0.15) is 15.2 Å². The molecule has 7 nitrogen and oxygen atoms in total. The molecule has 2 N–H and O–H groups in total. The number of aromatic nitrogens is 4. The standard InChI is InChI=1S/C10H10N6O/c1-7-9(13-10(17)16-14-7)15-12-6-8-4-2-3-5-11-8/h2-6H,1H3,(H2,13,15,16,17)/b12-6+. The summed E-state index contributed by atoms with van der Waals surface area (Å²) in [6.07, 6.45) is 3.20. The van der Waals surface area contributed by atoms with Crippen LogP contribution in [0, 0.1) is 6.92 Å². The van der Waals surface area contributed by atoms with Crippen molar-refractivity contribution in [2.24, 2.45) is 5.10 Å². The maximum absolute atomic E-state index is 10.9. The minimum absolute atomic E-state index is 0.320. The first-order valence-electron chi connectivity index (χ1n) is 4.89. The van der Waals surface area contributed by atoms with E-state index in [0.29, 0.717) is 17.2 Å². The van der Waals surface area contributed by atoms with Gasteiger partial charge in [-0.25, -0.2) is 9.89 Å². The van der Waals surface area contributed by atoms with Gasteiger partial charge < -0.3 is 0 Å². The van der Waals surface area contributed by atoms with Crippen LogP contribution in [0.2, 0.25) is 0 Å². The molecule has 7 heteroatoms. The summed E-state index contributed by atoms with van der Waals surface area (Å²) in [5.74, 6) is 0.320. The number of hydrogen-bond donors (Lipinski definition) is 2. The van der Waals surface area contributed by atoms with Gasteiger partial charge in [0.2, 0.25) is 0 Å². The predicted octanol–water partition coefficient (Wildman–Crippen LogP) is 0.314. The maximum Gasteiger partial charge on any atom is 0.363 e. The van der Waals surface area contributed by atoms with Gasteiger partial charge in [0.05, 0.1) is 11.9 Å². The number of rotatable bonds is 3. The number of hydrogen-bond acceptors (Lipinski definition) is 6. The Labute approximate surface area is 96.6 Å². The van der Waals surface area contributed by atoms with Crippen molar-refractivity contribution in [3.05, 3.63) is 46.3 Å². The molecule has 2 rings (SSSR count). The van der Waals surface area contributed by atoms with Crippen LogP contribution >= 0.6 is 0 Å². The zero-order valence-corrected chi connectivity index (χ0v) is 9.08. The third kappa shape index (κ3) is 2.94. The maximum atomic E-state index is 10.9. The molecule has 0 atom stereocenters. The molecule has 17 heavy (non-hydrogen) atoms. The third-order valence-electron chi connectivity index (χ3n) is 1.93. The Kier molecular flexibility index (Phi) is 3.20. The normalized spacial score (nSPS) is 10.6. The lowest BCUT2D eigenvalue weighted by atomic mass is 10.4. The van der Waals surface area contributed by atoms with E-state index in [1.54, 1.807) is 13.1 Å². The summed E-state index contributed by atoms with van der Waals surface area (Å²) in [5.41, 5.74) is 3.38. The highest BCUT2D eigenvalue weighted by Gasteiger charge is 1.99. The van der Waals surface area contributed by atoms with E-state index < -0.39 is 5.69 Å². The van der Waals surface area contributed by atoms with Crippen LogP contribution in [0.1, 0.15) is 11.4 Å². The van der Waals surface area contributed by atoms with Gasteiger partial charge in [0.25, 0.3) is 0 Å². The summed E-state index contributed by atoms with van der Waals surface area (Å²) >= 11 is 0. The SMILES string of the molecule is Cc1n[nH]c(=O)nc1N/N=C/c1ccccn1. The molecule has 0 aliphatic rings. The lowest BCUT2D eigenvalue weighted by Crippen LogP contribution is -2.15. The Hall–Kier alpha value is -2.57.